The van der Waals surface area contributed by atoms with Crippen LogP contribution < -0.4 is 15.8 Å². The summed E-state index contributed by atoms with van der Waals surface area (Å²) < 4.78 is 5.66. The zero-order valence-corrected chi connectivity index (χ0v) is 13.8. The van der Waals surface area contributed by atoms with Gasteiger partial charge in [-0.3, -0.25) is 4.79 Å². The molecule has 1 amide bonds. The number of ether oxygens (including phenoxy) is 1. The molecule has 22 heavy (non-hydrogen) atoms. The van der Waals surface area contributed by atoms with E-state index in [-0.39, 0.29) is 12.0 Å². The maximum atomic E-state index is 12.4. The largest absolute Gasteiger partial charge is 0.376 e. The first kappa shape index (κ1) is 16.8. The fourth-order valence-corrected chi connectivity index (χ4v) is 2.87. The number of carbonyl (C=O) groups excluding carboxylic acids is 1. The summed E-state index contributed by atoms with van der Waals surface area (Å²) in [5.74, 6) is -0.0159. The van der Waals surface area contributed by atoms with E-state index in [1.807, 2.05) is 19.1 Å². The molecular weight excluding hydrogens is 274 g/mol. The van der Waals surface area contributed by atoms with Crippen molar-refractivity contribution in [1.82, 2.24) is 5.32 Å². The Kier molecular flexibility index (Phi) is 6.20. The predicted octanol–water partition coefficient (Wildman–Crippen LogP) is 2.28. The van der Waals surface area contributed by atoms with Crippen LogP contribution in [0.2, 0.25) is 0 Å². The highest BCUT2D eigenvalue weighted by atomic mass is 16.5. The fourth-order valence-electron chi connectivity index (χ4n) is 2.87. The van der Waals surface area contributed by atoms with E-state index in [4.69, 9.17) is 4.74 Å². The molecule has 120 valence electrons. The minimum absolute atomic E-state index is 0.0159. The Hall–Kier alpha value is -1.61. The van der Waals surface area contributed by atoms with Crippen molar-refractivity contribution in [3.63, 3.8) is 0 Å². The normalized spacial score (nSPS) is 19.2. The van der Waals surface area contributed by atoms with E-state index < -0.39 is 0 Å². The second-order valence-electron chi connectivity index (χ2n) is 6.00. The highest BCUT2D eigenvalue weighted by Crippen LogP contribution is 2.12. The monoisotopic (exact) mass is 301 g/mol. The summed E-state index contributed by atoms with van der Waals surface area (Å²) in [6.45, 7) is 9.63. The Balaban J connectivity index is 2.10. The smallest absolute Gasteiger partial charge is 0.251 e. The lowest BCUT2D eigenvalue weighted by Gasteiger charge is -2.22. The Bertz CT molecular complexity index is 615. The van der Waals surface area contributed by atoms with Crippen LogP contribution in [0.25, 0.3) is 12.7 Å². The third-order valence-corrected chi connectivity index (χ3v) is 4.25. The summed E-state index contributed by atoms with van der Waals surface area (Å²) in [4.78, 5) is 12.4. The average Bonchev–Trinajstić information content (AvgIpc) is 2.53. The van der Waals surface area contributed by atoms with Gasteiger partial charge in [0.05, 0.1) is 6.10 Å². The minimum Gasteiger partial charge on any atom is -0.376 e. The summed E-state index contributed by atoms with van der Waals surface area (Å²) in [5.41, 5.74) is 1.76. The molecule has 0 radical (unpaired) electrons. The zero-order chi connectivity index (χ0) is 15.9. The third-order valence-electron chi connectivity index (χ3n) is 4.25. The van der Waals surface area contributed by atoms with E-state index in [0.29, 0.717) is 6.54 Å². The van der Waals surface area contributed by atoms with Crippen LogP contribution in [0, 0.1) is 6.92 Å². The molecule has 2 rings (SSSR count). The number of hydrogen-bond acceptors (Lipinski definition) is 2. The van der Waals surface area contributed by atoms with E-state index >= 15 is 0 Å². The van der Waals surface area contributed by atoms with Gasteiger partial charge < -0.3 is 10.1 Å². The molecule has 1 saturated heterocycles. The van der Waals surface area contributed by atoms with E-state index in [9.17, 15) is 4.79 Å². The number of nitrogens with one attached hydrogen (secondary N) is 1. The number of amides is 1. The van der Waals surface area contributed by atoms with E-state index in [0.717, 1.165) is 53.9 Å². The first-order valence-electron chi connectivity index (χ1n) is 8.32. The van der Waals surface area contributed by atoms with Gasteiger partial charge >= 0.3 is 0 Å². The summed E-state index contributed by atoms with van der Waals surface area (Å²) in [6.07, 6.45) is 7.79. The van der Waals surface area contributed by atoms with Gasteiger partial charge in [0, 0.05) is 18.7 Å². The van der Waals surface area contributed by atoms with Crippen molar-refractivity contribution in [2.45, 2.75) is 52.1 Å². The Morgan fingerprint density at radius 3 is 2.95 bits per heavy atom. The first-order valence-corrected chi connectivity index (χ1v) is 8.32. The van der Waals surface area contributed by atoms with Gasteiger partial charge in [0.15, 0.2) is 0 Å². The fraction of sp³-hybridized carbons (Fsp3) is 0.526. The van der Waals surface area contributed by atoms with Gasteiger partial charge in [-0.15, -0.1) is 0 Å². The Morgan fingerprint density at radius 1 is 1.45 bits per heavy atom. The molecule has 0 aliphatic carbocycles. The van der Waals surface area contributed by atoms with Crippen LogP contribution in [0.4, 0.5) is 0 Å². The van der Waals surface area contributed by atoms with Crippen molar-refractivity contribution in [3.05, 3.63) is 33.7 Å². The molecule has 1 aliphatic rings. The first-order chi connectivity index (χ1) is 10.6. The lowest BCUT2D eigenvalue weighted by molar-refractivity contribution is 0.0169. The second kappa shape index (κ2) is 8.14. The third kappa shape index (κ3) is 4.20. The molecule has 1 aromatic rings. The standard InChI is InChI=1S/C19H27NO2/c1-4-5-9-17-14(2)10-11-18(15(17)3)19(21)20-13-16-8-6-7-12-22-16/h9-11,16H,2,4-8,12-13H2,1,3H3,(H,20,21)/b17-9+. The van der Waals surface area contributed by atoms with Gasteiger partial charge in [-0.2, -0.15) is 0 Å². The summed E-state index contributed by atoms with van der Waals surface area (Å²) in [5, 5.41) is 5.10. The number of hydrogen-bond donors (Lipinski definition) is 1. The molecule has 1 aliphatic heterocycles. The molecule has 1 heterocycles. The van der Waals surface area contributed by atoms with Crippen LogP contribution >= 0.6 is 0 Å². The van der Waals surface area contributed by atoms with Crippen molar-refractivity contribution in [2.75, 3.05) is 13.2 Å². The topological polar surface area (TPSA) is 38.3 Å². The molecule has 1 aromatic carbocycles. The molecule has 0 bridgehead atoms. The highest BCUT2D eigenvalue weighted by Gasteiger charge is 2.16. The maximum Gasteiger partial charge on any atom is 0.251 e. The van der Waals surface area contributed by atoms with Crippen molar-refractivity contribution in [1.29, 1.82) is 0 Å². The van der Waals surface area contributed by atoms with Gasteiger partial charge in [0.2, 0.25) is 0 Å². The number of benzene rings is 1. The van der Waals surface area contributed by atoms with Crippen LogP contribution in [0.5, 0.6) is 0 Å². The number of carbonyl (C=O) groups is 1. The maximum absolute atomic E-state index is 12.4. The van der Waals surface area contributed by atoms with Crippen molar-refractivity contribution >= 4 is 18.6 Å². The van der Waals surface area contributed by atoms with Crippen molar-refractivity contribution in [2.24, 2.45) is 0 Å². The molecule has 0 saturated carbocycles. The van der Waals surface area contributed by atoms with Crippen molar-refractivity contribution in [3.8, 4) is 0 Å². The average molecular weight is 301 g/mol. The summed E-state index contributed by atoms with van der Waals surface area (Å²) in [6, 6.07) is 3.80. The van der Waals surface area contributed by atoms with Gasteiger partial charge in [-0.1, -0.05) is 32.1 Å². The lowest BCUT2D eigenvalue weighted by atomic mass is 10.0. The van der Waals surface area contributed by atoms with Crippen LogP contribution in [0.1, 0.15) is 54.9 Å². The van der Waals surface area contributed by atoms with Crippen LogP contribution in [0.3, 0.4) is 0 Å². The molecule has 1 fully saturated rings. The Labute approximate surface area is 133 Å². The molecule has 3 heteroatoms. The minimum atomic E-state index is -0.0159. The van der Waals surface area contributed by atoms with Crippen LogP contribution in [0.15, 0.2) is 12.1 Å². The molecular formula is C19H27NO2. The van der Waals surface area contributed by atoms with E-state index in [1.54, 1.807) is 0 Å². The summed E-state index contributed by atoms with van der Waals surface area (Å²) >= 11 is 0. The molecule has 0 spiro atoms. The zero-order valence-electron chi connectivity index (χ0n) is 13.8. The van der Waals surface area contributed by atoms with Gasteiger partial charge in [-0.25, -0.2) is 0 Å². The Morgan fingerprint density at radius 2 is 2.27 bits per heavy atom. The van der Waals surface area contributed by atoms with Crippen LogP contribution in [-0.4, -0.2) is 25.2 Å². The van der Waals surface area contributed by atoms with Gasteiger partial charge in [-0.05, 0) is 54.7 Å². The predicted molar refractivity (Wildman–Crippen MR) is 91.2 cm³/mol. The number of unbranched alkanes of at least 4 members (excludes halogenated alkanes) is 1. The van der Waals surface area contributed by atoms with E-state index in [2.05, 4.69) is 24.9 Å². The SMILES string of the molecule is C=c1ccc(C(=O)NCC2CCCCO2)c(C)/c1=C/CCC. The number of rotatable bonds is 5. The van der Waals surface area contributed by atoms with Crippen LogP contribution in [-0.2, 0) is 4.74 Å². The van der Waals surface area contributed by atoms with E-state index in [1.165, 1.54) is 6.42 Å². The van der Waals surface area contributed by atoms with Gasteiger partial charge in [0.1, 0.15) is 0 Å². The van der Waals surface area contributed by atoms with Crippen molar-refractivity contribution < 1.29 is 9.53 Å². The molecule has 1 atom stereocenters. The second-order valence-corrected chi connectivity index (χ2v) is 6.00. The lowest BCUT2D eigenvalue weighted by Crippen LogP contribution is -2.37. The molecule has 1 N–H and O–H groups in total. The van der Waals surface area contributed by atoms with Gasteiger partial charge in [0.25, 0.3) is 5.91 Å². The quantitative estimate of drug-likeness (QED) is 0.906. The highest BCUT2D eigenvalue weighted by molar-refractivity contribution is 5.95. The summed E-state index contributed by atoms with van der Waals surface area (Å²) in [7, 11) is 0. The molecule has 3 nitrogen and oxygen atoms in total. The molecule has 1 unspecified atom stereocenters. The molecule has 0 aromatic heterocycles.